The van der Waals surface area contributed by atoms with E-state index in [1.807, 2.05) is 0 Å². The van der Waals surface area contributed by atoms with Gasteiger partial charge in [0.05, 0.1) is 10.5 Å². The number of alkyl halides is 2. The minimum Gasteiger partial charge on any atom is -0.249 e. The molecule has 1 aromatic heterocycles. The van der Waals surface area contributed by atoms with Gasteiger partial charge in [0.1, 0.15) is 13.0 Å². The van der Waals surface area contributed by atoms with E-state index in [9.17, 15) is 8.78 Å². The number of aromatic nitrogens is 2. The van der Waals surface area contributed by atoms with Gasteiger partial charge in [-0.2, -0.15) is 0 Å². The Balaban J connectivity index is 3.07. The van der Waals surface area contributed by atoms with Crippen LogP contribution in [0.1, 0.15) is 10.5 Å². The molecule has 6 heteroatoms. The van der Waals surface area contributed by atoms with E-state index >= 15 is 0 Å². The lowest BCUT2D eigenvalue weighted by Gasteiger charge is -2.04. The lowest BCUT2D eigenvalue weighted by atomic mass is 10.3. The second-order valence-corrected chi connectivity index (χ2v) is 3.45. The van der Waals surface area contributed by atoms with Crippen LogP contribution in [-0.2, 0) is 0 Å². The zero-order valence-electron chi connectivity index (χ0n) is 5.77. The number of hydrogen-bond donors (Lipinski definition) is 0. The quantitative estimate of drug-likeness (QED) is 0.601. The lowest BCUT2D eigenvalue weighted by Crippen LogP contribution is -2.01. The van der Waals surface area contributed by atoms with Crippen LogP contribution in [0.5, 0.6) is 0 Å². The SMILES string of the molecule is FCC(Br)c1ncnc(Cl)c1F. The van der Waals surface area contributed by atoms with Gasteiger partial charge in [0.2, 0.25) is 0 Å². The molecule has 0 N–H and O–H groups in total. The molecule has 2 nitrogen and oxygen atoms in total. The first-order valence-corrected chi connectivity index (χ1v) is 4.32. The Labute approximate surface area is 81.1 Å². The van der Waals surface area contributed by atoms with Crippen molar-refractivity contribution in [2.75, 3.05) is 6.67 Å². The summed E-state index contributed by atoms with van der Waals surface area (Å²) in [7, 11) is 0. The Morgan fingerprint density at radius 1 is 1.58 bits per heavy atom. The van der Waals surface area contributed by atoms with Crippen LogP contribution in [0.4, 0.5) is 8.78 Å². The van der Waals surface area contributed by atoms with Crippen LogP contribution in [0.3, 0.4) is 0 Å². The average molecular weight is 257 g/mol. The molecule has 1 atom stereocenters. The van der Waals surface area contributed by atoms with E-state index in [1.165, 1.54) is 0 Å². The minimum atomic E-state index is -0.779. The van der Waals surface area contributed by atoms with E-state index in [0.29, 0.717) is 0 Å². The molecule has 0 amide bonds. The Morgan fingerprint density at radius 3 is 2.83 bits per heavy atom. The van der Waals surface area contributed by atoms with Crippen LogP contribution < -0.4 is 0 Å². The summed E-state index contributed by atoms with van der Waals surface area (Å²) < 4.78 is 25.1. The number of nitrogens with zero attached hydrogens (tertiary/aromatic N) is 2. The highest BCUT2D eigenvalue weighted by Crippen LogP contribution is 2.25. The number of hydrogen-bond acceptors (Lipinski definition) is 2. The van der Waals surface area contributed by atoms with Crippen LogP contribution >= 0.6 is 27.5 Å². The molecule has 0 aliphatic rings. The third-order valence-electron chi connectivity index (χ3n) is 1.21. The zero-order chi connectivity index (χ0) is 9.14. The third-order valence-corrected chi connectivity index (χ3v) is 2.15. The van der Waals surface area contributed by atoms with Crippen LogP contribution in [0, 0.1) is 5.82 Å². The molecule has 0 spiro atoms. The first kappa shape index (κ1) is 9.80. The van der Waals surface area contributed by atoms with E-state index < -0.39 is 17.3 Å². The van der Waals surface area contributed by atoms with Gasteiger partial charge in [-0.05, 0) is 0 Å². The van der Waals surface area contributed by atoms with E-state index in [-0.39, 0.29) is 10.8 Å². The molecule has 0 aliphatic heterocycles. The van der Waals surface area contributed by atoms with Gasteiger partial charge < -0.3 is 0 Å². The smallest absolute Gasteiger partial charge is 0.183 e. The molecule has 0 radical (unpaired) electrons. The summed E-state index contributed by atoms with van der Waals surface area (Å²) in [5.74, 6) is -0.779. The van der Waals surface area contributed by atoms with Gasteiger partial charge in [0.25, 0.3) is 0 Å². The maximum absolute atomic E-state index is 13.0. The van der Waals surface area contributed by atoms with Gasteiger partial charge in [-0.1, -0.05) is 27.5 Å². The first-order chi connectivity index (χ1) is 5.66. The Kier molecular flexibility index (Phi) is 3.34. The Hall–Kier alpha value is -0.290. The molecular weight excluding hydrogens is 253 g/mol. The van der Waals surface area contributed by atoms with Crippen LogP contribution in [0.15, 0.2) is 6.33 Å². The van der Waals surface area contributed by atoms with Crippen LogP contribution in [0.2, 0.25) is 5.15 Å². The van der Waals surface area contributed by atoms with Gasteiger partial charge in [-0.25, -0.2) is 18.7 Å². The van der Waals surface area contributed by atoms with Crippen molar-refractivity contribution in [3.63, 3.8) is 0 Å². The van der Waals surface area contributed by atoms with Gasteiger partial charge in [0, 0.05) is 0 Å². The van der Waals surface area contributed by atoms with Gasteiger partial charge in [0.15, 0.2) is 11.0 Å². The highest BCUT2D eigenvalue weighted by atomic mass is 79.9. The first-order valence-electron chi connectivity index (χ1n) is 3.02. The Bertz CT molecular complexity index is 284. The number of halogens is 4. The lowest BCUT2D eigenvalue weighted by molar-refractivity contribution is 0.476. The van der Waals surface area contributed by atoms with Crippen molar-refractivity contribution < 1.29 is 8.78 Å². The fourth-order valence-electron chi connectivity index (χ4n) is 0.652. The maximum Gasteiger partial charge on any atom is 0.183 e. The van der Waals surface area contributed by atoms with E-state index in [1.54, 1.807) is 0 Å². The predicted octanol–water partition coefficient (Wildman–Crippen LogP) is 2.67. The van der Waals surface area contributed by atoms with E-state index in [0.717, 1.165) is 6.33 Å². The molecule has 1 aromatic rings. The van der Waals surface area contributed by atoms with Crippen molar-refractivity contribution in [1.82, 2.24) is 9.97 Å². The van der Waals surface area contributed by atoms with E-state index in [4.69, 9.17) is 11.6 Å². The molecule has 1 heterocycles. The normalized spacial score (nSPS) is 13.0. The topological polar surface area (TPSA) is 25.8 Å². The fraction of sp³-hybridized carbons (Fsp3) is 0.333. The summed E-state index contributed by atoms with van der Waals surface area (Å²) >= 11 is 8.25. The Morgan fingerprint density at radius 2 is 2.25 bits per heavy atom. The monoisotopic (exact) mass is 256 g/mol. The second-order valence-electron chi connectivity index (χ2n) is 1.99. The molecular formula is C6H4BrClF2N2. The van der Waals surface area contributed by atoms with Crippen LogP contribution in [0.25, 0.3) is 0 Å². The largest absolute Gasteiger partial charge is 0.249 e. The summed E-state index contributed by atoms with van der Waals surface area (Å²) in [6, 6.07) is 0. The average Bonchev–Trinajstić information content (AvgIpc) is 2.08. The van der Waals surface area contributed by atoms with Gasteiger partial charge in [-0.3, -0.25) is 0 Å². The van der Waals surface area contributed by atoms with Crippen molar-refractivity contribution in [2.45, 2.75) is 4.83 Å². The molecule has 0 bridgehead atoms. The van der Waals surface area contributed by atoms with Crippen LogP contribution in [-0.4, -0.2) is 16.6 Å². The van der Waals surface area contributed by atoms with Crippen molar-refractivity contribution in [3.8, 4) is 0 Å². The van der Waals surface area contributed by atoms with Crippen molar-refractivity contribution in [1.29, 1.82) is 0 Å². The molecule has 12 heavy (non-hydrogen) atoms. The summed E-state index contributed by atoms with van der Waals surface area (Å²) in [4.78, 5) is 6.18. The summed E-state index contributed by atoms with van der Waals surface area (Å²) in [5.41, 5.74) is -0.0579. The van der Waals surface area contributed by atoms with Crippen molar-refractivity contribution in [3.05, 3.63) is 23.0 Å². The summed E-state index contributed by atoms with van der Waals surface area (Å²) in [6.07, 6.45) is 1.09. The highest BCUT2D eigenvalue weighted by Gasteiger charge is 2.16. The van der Waals surface area contributed by atoms with Crippen molar-refractivity contribution in [2.24, 2.45) is 0 Å². The minimum absolute atomic E-state index is 0.0579. The molecule has 0 aliphatic carbocycles. The van der Waals surface area contributed by atoms with E-state index in [2.05, 4.69) is 25.9 Å². The molecule has 0 saturated heterocycles. The second kappa shape index (κ2) is 4.09. The molecule has 0 saturated carbocycles. The fourth-order valence-corrected chi connectivity index (χ4v) is 1.11. The molecule has 0 aromatic carbocycles. The molecule has 1 unspecified atom stereocenters. The summed E-state index contributed by atoms with van der Waals surface area (Å²) in [6.45, 7) is -0.746. The predicted molar refractivity (Wildman–Crippen MR) is 44.6 cm³/mol. The van der Waals surface area contributed by atoms with Gasteiger partial charge in [-0.15, -0.1) is 0 Å². The zero-order valence-corrected chi connectivity index (χ0v) is 8.11. The number of rotatable bonds is 2. The standard InChI is InChI=1S/C6H4BrClF2N2/c7-3(1-9)5-4(10)6(8)12-2-11-5/h2-3H,1H2. The molecule has 0 fully saturated rings. The molecule has 66 valence electrons. The highest BCUT2D eigenvalue weighted by molar-refractivity contribution is 9.09. The maximum atomic E-state index is 13.0. The molecule has 1 rings (SSSR count). The summed E-state index contributed by atoms with van der Waals surface area (Å²) in [5, 5.41) is -0.294. The third kappa shape index (κ3) is 1.90. The van der Waals surface area contributed by atoms with Gasteiger partial charge >= 0.3 is 0 Å². The van der Waals surface area contributed by atoms with Crippen molar-refractivity contribution >= 4 is 27.5 Å².